The van der Waals surface area contributed by atoms with E-state index in [-0.39, 0.29) is 11.6 Å². The first-order valence-electron chi connectivity index (χ1n) is 6.69. The van der Waals surface area contributed by atoms with Gasteiger partial charge in [0.1, 0.15) is 11.6 Å². The van der Waals surface area contributed by atoms with Crippen molar-refractivity contribution in [1.29, 1.82) is 0 Å². The summed E-state index contributed by atoms with van der Waals surface area (Å²) in [5.74, 6) is -1.22. The highest BCUT2D eigenvalue weighted by atomic mass is 32.2. The second kappa shape index (κ2) is 5.77. The van der Waals surface area contributed by atoms with Crippen molar-refractivity contribution in [2.75, 3.05) is 6.26 Å². The van der Waals surface area contributed by atoms with E-state index in [4.69, 9.17) is 0 Å². The molecule has 2 rings (SSSR count). The van der Waals surface area contributed by atoms with E-state index in [9.17, 15) is 17.2 Å². The molecule has 0 saturated heterocycles. The molecule has 3 nitrogen and oxygen atoms in total. The average molecular weight is 303 g/mol. The molecule has 1 aromatic rings. The van der Waals surface area contributed by atoms with Crippen molar-refractivity contribution in [3.05, 3.63) is 35.4 Å². The molecule has 1 saturated carbocycles. The van der Waals surface area contributed by atoms with Crippen LogP contribution in [0.3, 0.4) is 0 Å². The fraction of sp³-hybridized carbons (Fsp3) is 0.571. The second-order valence-corrected chi connectivity index (χ2v) is 7.69. The zero-order valence-electron chi connectivity index (χ0n) is 11.6. The summed E-state index contributed by atoms with van der Waals surface area (Å²) < 4.78 is 50.8. The summed E-state index contributed by atoms with van der Waals surface area (Å²) in [6, 6.07) is 2.91. The van der Waals surface area contributed by atoms with Crippen LogP contribution in [0.5, 0.6) is 0 Å². The van der Waals surface area contributed by atoms with Gasteiger partial charge in [-0.15, -0.1) is 0 Å². The van der Waals surface area contributed by atoms with Crippen molar-refractivity contribution in [3.8, 4) is 0 Å². The maximum atomic E-state index is 13.7. The lowest BCUT2D eigenvalue weighted by molar-refractivity contribution is 0.427. The summed E-state index contributed by atoms with van der Waals surface area (Å²) in [5, 5.41) is 2.60. The predicted molar refractivity (Wildman–Crippen MR) is 74.2 cm³/mol. The highest BCUT2D eigenvalue weighted by Crippen LogP contribution is 2.28. The lowest BCUT2D eigenvalue weighted by atomic mass is 10.1. The summed E-state index contributed by atoms with van der Waals surface area (Å²) in [6.07, 6.45) is 3.33. The van der Waals surface area contributed by atoms with Crippen LogP contribution in [0.1, 0.15) is 37.8 Å². The summed E-state index contributed by atoms with van der Waals surface area (Å²) in [7, 11) is -3.15. The van der Waals surface area contributed by atoms with Crippen LogP contribution in [-0.4, -0.2) is 26.0 Å². The van der Waals surface area contributed by atoms with Gasteiger partial charge in [0.15, 0.2) is 9.84 Å². The second-order valence-electron chi connectivity index (χ2n) is 5.43. The van der Waals surface area contributed by atoms with Crippen molar-refractivity contribution in [3.63, 3.8) is 0 Å². The van der Waals surface area contributed by atoms with E-state index in [0.29, 0.717) is 12.8 Å². The third-order valence-electron chi connectivity index (χ3n) is 3.90. The van der Waals surface area contributed by atoms with Gasteiger partial charge in [-0.1, -0.05) is 12.5 Å². The van der Waals surface area contributed by atoms with Crippen LogP contribution in [0, 0.1) is 11.6 Å². The standard InChI is InChI=1S/C14H19F2NO2S/c1-9(14-10(15)5-3-6-11(14)16)17-12-7-4-8-13(12)20(2,18)19/h3,5-6,9,12-13,17H,4,7-8H2,1-2H3. The molecule has 1 aliphatic rings. The maximum Gasteiger partial charge on any atom is 0.151 e. The van der Waals surface area contributed by atoms with E-state index >= 15 is 0 Å². The third kappa shape index (κ3) is 3.17. The molecule has 0 amide bonds. The van der Waals surface area contributed by atoms with E-state index < -0.39 is 32.8 Å². The largest absolute Gasteiger partial charge is 0.306 e. The number of hydrogen-bond donors (Lipinski definition) is 1. The minimum atomic E-state index is -3.15. The van der Waals surface area contributed by atoms with Crippen molar-refractivity contribution in [2.24, 2.45) is 0 Å². The Hall–Kier alpha value is -1.01. The smallest absolute Gasteiger partial charge is 0.151 e. The van der Waals surface area contributed by atoms with Gasteiger partial charge in [0, 0.05) is 23.9 Å². The first-order valence-corrected chi connectivity index (χ1v) is 8.65. The Kier molecular flexibility index (Phi) is 4.44. The fourth-order valence-corrected chi connectivity index (χ4v) is 4.36. The van der Waals surface area contributed by atoms with E-state index in [1.54, 1.807) is 6.92 Å². The number of rotatable bonds is 4. The lowest BCUT2D eigenvalue weighted by Crippen LogP contribution is -2.41. The minimum absolute atomic E-state index is 0.0355. The van der Waals surface area contributed by atoms with Crippen LogP contribution in [0.2, 0.25) is 0 Å². The Bertz CT molecular complexity index is 569. The molecule has 20 heavy (non-hydrogen) atoms. The zero-order valence-corrected chi connectivity index (χ0v) is 12.4. The first kappa shape index (κ1) is 15.4. The van der Waals surface area contributed by atoms with E-state index in [2.05, 4.69) is 5.32 Å². The maximum absolute atomic E-state index is 13.7. The number of halogens is 2. The summed E-state index contributed by atoms with van der Waals surface area (Å²) >= 11 is 0. The molecule has 112 valence electrons. The molecule has 3 unspecified atom stereocenters. The Labute approximate surface area is 118 Å². The van der Waals surface area contributed by atoms with Crippen molar-refractivity contribution in [2.45, 2.75) is 43.5 Å². The molecule has 1 N–H and O–H groups in total. The van der Waals surface area contributed by atoms with E-state index in [1.165, 1.54) is 24.5 Å². The van der Waals surface area contributed by atoms with Crippen LogP contribution in [-0.2, 0) is 9.84 Å². The quantitative estimate of drug-likeness (QED) is 0.930. The van der Waals surface area contributed by atoms with Crippen molar-refractivity contribution >= 4 is 9.84 Å². The van der Waals surface area contributed by atoms with Gasteiger partial charge in [0.2, 0.25) is 0 Å². The van der Waals surface area contributed by atoms with Crippen LogP contribution < -0.4 is 5.32 Å². The van der Waals surface area contributed by atoms with E-state index in [1.807, 2.05) is 0 Å². The normalized spacial score (nSPS) is 24.8. The molecular formula is C14H19F2NO2S. The van der Waals surface area contributed by atoms with Gasteiger partial charge in [-0.2, -0.15) is 0 Å². The fourth-order valence-electron chi connectivity index (χ4n) is 2.96. The zero-order chi connectivity index (χ0) is 14.9. The van der Waals surface area contributed by atoms with Crippen molar-refractivity contribution < 1.29 is 17.2 Å². The van der Waals surface area contributed by atoms with Crippen LogP contribution in [0.4, 0.5) is 8.78 Å². The molecule has 3 atom stereocenters. The molecule has 1 aliphatic carbocycles. The summed E-state index contributed by atoms with van der Waals surface area (Å²) in [4.78, 5) is 0. The Balaban J connectivity index is 2.18. The SMILES string of the molecule is CC(NC1CCCC1S(C)(=O)=O)c1c(F)cccc1F. The van der Waals surface area contributed by atoms with Crippen LogP contribution in [0.15, 0.2) is 18.2 Å². The van der Waals surface area contributed by atoms with Gasteiger partial charge < -0.3 is 5.32 Å². The van der Waals surface area contributed by atoms with Gasteiger partial charge in [-0.05, 0) is 31.9 Å². The topological polar surface area (TPSA) is 46.2 Å². The van der Waals surface area contributed by atoms with E-state index in [0.717, 1.165) is 6.42 Å². The molecule has 0 spiro atoms. The Morgan fingerprint density at radius 1 is 1.25 bits per heavy atom. The highest BCUT2D eigenvalue weighted by molar-refractivity contribution is 7.91. The molecular weight excluding hydrogens is 284 g/mol. The number of benzene rings is 1. The van der Waals surface area contributed by atoms with Gasteiger partial charge in [-0.25, -0.2) is 17.2 Å². The average Bonchev–Trinajstić information content (AvgIpc) is 2.76. The highest BCUT2D eigenvalue weighted by Gasteiger charge is 2.35. The molecule has 1 fully saturated rings. The Morgan fingerprint density at radius 2 is 1.85 bits per heavy atom. The lowest BCUT2D eigenvalue weighted by Gasteiger charge is -2.24. The molecule has 1 aromatic carbocycles. The summed E-state index contributed by atoms with van der Waals surface area (Å²) in [6.45, 7) is 1.65. The first-order chi connectivity index (χ1) is 9.30. The third-order valence-corrected chi connectivity index (χ3v) is 5.56. The molecule has 6 heteroatoms. The van der Waals surface area contributed by atoms with Gasteiger partial charge in [0.25, 0.3) is 0 Å². The number of sulfone groups is 1. The molecule has 0 aliphatic heterocycles. The molecule has 0 bridgehead atoms. The predicted octanol–water partition coefficient (Wildman–Crippen LogP) is 2.58. The molecule has 0 heterocycles. The minimum Gasteiger partial charge on any atom is -0.306 e. The number of hydrogen-bond acceptors (Lipinski definition) is 3. The van der Waals surface area contributed by atoms with Crippen LogP contribution in [0.25, 0.3) is 0 Å². The van der Waals surface area contributed by atoms with Gasteiger partial charge in [-0.3, -0.25) is 0 Å². The Morgan fingerprint density at radius 3 is 2.40 bits per heavy atom. The van der Waals surface area contributed by atoms with Gasteiger partial charge in [0.05, 0.1) is 5.25 Å². The monoisotopic (exact) mass is 303 g/mol. The number of nitrogens with one attached hydrogen (secondary N) is 1. The van der Waals surface area contributed by atoms with Crippen molar-refractivity contribution in [1.82, 2.24) is 5.32 Å². The van der Waals surface area contributed by atoms with Crippen LogP contribution >= 0.6 is 0 Å². The molecule has 0 aromatic heterocycles. The van der Waals surface area contributed by atoms with Gasteiger partial charge >= 0.3 is 0 Å². The summed E-state index contributed by atoms with van der Waals surface area (Å²) in [5.41, 5.74) is -0.0355. The molecule has 0 radical (unpaired) electrons.